The number of piperidine rings is 1. The minimum Gasteiger partial charge on any atom is -0.354 e. The van der Waals surface area contributed by atoms with Crippen LogP contribution < -0.4 is 16.0 Å². The number of carbonyl (C=O) groups excluding carboxylic acids is 2. The van der Waals surface area contributed by atoms with Crippen molar-refractivity contribution in [3.05, 3.63) is 0 Å². The van der Waals surface area contributed by atoms with Crippen molar-refractivity contribution in [2.75, 3.05) is 13.1 Å². The van der Waals surface area contributed by atoms with Crippen molar-refractivity contribution in [2.45, 2.75) is 44.7 Å². The maximum absolute atomic E-state index is 12.0. The van der Waals surface area contributed by atoms with Gasteiger partial charge >= 0.3 is 0 Å². The maximum atomic E-state index is 12.0. The topological polar surface area (TPSA) is 70.2 Å². The molecule has 17 heavy (non-hydrogen) atoms. The van der Waals surface area contributed by atoms with Crippen molar-refractivity contribution in [3.8, 4) is 0 Å². The smallest absolute Gasteiger partial charge is 0.224 e. The SMILES string of the molecule is CC1NCCCC1C(=O)NCC1CCC(=O)N1. The first kappa shape index (κ1) is 12.4. The van der Waals surface area contributed by atoms with E-state index in [1.165, 1.54) is 0 Å². The second-order valence-electron chi connectivity index (χ2n) is 5.04. The first-order chi connectivity index (χ1) is 8.16. The number of carbonyl (C=O) groups is 2. The van der Waals surface area contributed by atoms with Gasteiger partial charge in [-0.05, 0) is 32.7 Å². The predicted molar refractivity (Wildman–Crippen MR) is 64.4 cm³/mol. The molecule has 5 heteroatoms. The van der Waals surface area contributed by atoms with E-state index in [0.717, 1.165) is 25.8 Å². The molecule has 2 fully saturated rings. The van der Waals surface area contributed by atoms with E-state index in [9.17, 15) is 9.59 Å². The highest BCUT2D eigenvalue weighted by Crippen LogP contribution is 2.16. The molecule has 0 radical (unpaired) electrons. The zero-order valence-electron chi connectivity index (χ0n) is 10.3. The van der Waals surface area contributed by atoms with Crippen LogP contribution in [0.4, 0.5) is 0 Å². The van der Waals surface area contributed by atoms with Gasteiger partial charge in [-0.25, -0.2) is 0 Å². The van der Waals surface area contributed by atoms with Crippen molar-refractivity contribution < 1.29 is 9.59 Å². The Morgan fingerprint density at radius 2 is 2.29 bits per heavy atom. The second kappa shape index (κ2) is 5.49. The fourth-order valence-corrected chi connectivity index (χ4v) is 2.59. The van der Waals surface area contributed by atoms with Crippen LogP contribution in [0.3, 0.4) is 0 Å². The van der Waals surface area contributed by atoms with E-state index in [4.69, 9.17) is 0 Å². The van der Waals surface area contributed by atoms with E-state index in [1.54, 1.807) is 0 Å². The number of hydrogen-bond acceptors (Lipinski definition) is 3. The highest BCUT2D eigenvalue weighted by Gasteiger charge is 2.28. The summed E-state index contributed by atoms with van der Waals surface area (Å²) in [6.45, 7) is 3.62. The van der Waals surface area contributed by atoms with Gasteiger partial charge in [-0.2, -0.15) is 0 Å². The Kier molecular flexibility index (Phi) is 3.99. The van der Waals surface area contributed by atoms with Gasteiger partial charge in [0.2, 0.25) is 11.8 Å². The van der Waals surface area contributed by atoms with Crippen molar-refractivity contribution in [2.24, 2.45) is 5.92 Å². The molecular formula is C12H21N3O2. The van der Waals surface area contributed by atoms with Crippen molar-refractivity contribution >= 4 is 11.8 Å². The summed E-state index contributed by atoms with van der Waals surface area (Å²) < 4.78 is 0. The molecule has 3 unspecified atom stereocenters. The van der Waals surface area contributed by atoms with E-state index in [2.05, 4.69) is 22.9 Å². The molecule has 2 heterocycles. The van der Waals surface area contributed by atoms with Gasteiger partial charge in [0.25, 0.3) is 0 Å². The molecule has 0 aliphatic carbocycles. The van der Waals surface area contributed by atoms with Gasteiger partial charge in [-0.1, -0.05) is 0 Å². The van der Waals surface area contributed by atoms with Crippen LogP contribution in [0.15, 0.2) is 0 Å². The highest BCUT2D eigenvalue weighted by molar-refractivity contribution is 5.80. The molecule has 2 rings (SSSR count). The van der Waals surface area contributed by atoms with Gasteiger partial charge in [0.05, 0.1) is 5.92 Å². The molecule has 3 atom stereocenters. The molecule has 96 valence electrons. The average Bonchev–Trinajstić information content (AvgIpc) is 2.73. The lowest BCUT2D eigenvalue weighted by atomic mass is 9.91. The first-order valence-corrected chi connectivity index (χ1v) is 6.47. The molecule has 0 spiro atoms. The van der Waals surface area contributed by atoms with Crippen LogP contribution >= 0.6 is 0 Å². The van der Waals surface area contributed by atoms with Gasteiger partial charge in [-0.15, -0.1) is 0 Å². The molecule has 5 nitrogen and oxygen atoms in total. The normalized spacial score (nSPS) is 33.2. The monoisotopic (exact) mass is 239 g/mol. The summed E-state index contributed by atoms with van der Waals surface area (Å²) in [7, 11) is 0. The maximum Gasteiger partial charge on any atom is 0.224 e. The molecule has 2 saturated heterocycles. The van der Waals surface area contributed by atoms with Gasteiger partial charge in [0, 0.05) is 25.0 Å². The van der Waals surface area contributed by atoms with Crippen LogP contribution in [0.2, 0.25) is 0 Å². The van der Waals surface area contributed by atoms with E-state index in [-0.39, 0.29) is 29.8 Å². The summed E-state index contributed by atoms with van der Waals surface area (Å²) >= 11 is 0. The number of amides is 2. The predicted octanol–water partition coefficient (Wildman–Crippen LogP) is -0.231. The van der Waals surface area contributed by atoms with Crippen LogP contribution in [0, 0.1) is 5.92 Å². The number of hydrogen-bond donors (Lipinski definition) is 3. The summed E-state index contributed by atoms with van der Waals surface area (Å²) in [6, 6.07) is 0.375. The minimum atomic E-state index is 0.0702. The summed E-state index contributed by atoms with van der Waals surface area (Å²) in [4.78, 5) is 23.0. The number of nitrogens with one attached hydrogen (secondary N) is 3. The van der Waals surface area contributed by atoms with E-state index < -0.39 is 0 Å². The summed E-state index contributed by atoms with van der Waals surface area (Å²) in [5.41, 5.74) is 0. The number of rotatable bonds is 3. The Morgan fingerprint density at radius 1 is 1.47 bits per heavy atom. The van der Waals surface area contributed by atoms with E-state index >= 15 is 0 Å². The molecule has 2 amide bonds. The lowest BCUT2D eigenvalue weighted by Crippen LogP contribution is -2.48. The Hall–Kier alpha value is -1.10. The quantitative estimate of drug-likeness (QED) is 0.637. The summed E-state index contributed by atoms with van der Waals surface area (Å²) in [5.74, 6) is 0.281. The fourth-order valence-electron chi connectivity index (χ4n) is 2.59. The Balaban J connectivity index is 1.74. The highest BCUT2D eigenvalue weighted by atomic mass is 16.2. The average molecular weight is 239 g/mol. The Bertz CT molecular complexity index is 306. The van der Waals surface area contributed by atoms with Crippen LogP contribution in [-0.2, 0) is 9.59 Å². The minimum absolute atomic E-state index is 0.0702. The van der Waals surface area contributed by atoms with Crippen LogP contribution in [-0.4, -0.2) is 37.0 Å². The van der Waals surface area contributed by atoms with Crippen LogP contribution in [0.5, 0.6) is 0 Å². The molecule has 0 bridgehead atoms. The zero-order valence-corrected chi connectivity index (χ0v) is 10.3. The van der Waals surface area contributed by atoms with Gasteiger partial charge < -0.3 is 16.0 Å². The van der Waals surface area contributed by atoms with Crippen LogP contribution in [0.25, 0.3) is 0 Å². The van der Waals surface area contributed by atoms with Crippen molar-refractivity contribution in [1.82, 2.24) is 16.0 Å². The molecule has 2 aliphatic rings. The van der Waals surface area contributed by atoms with Crippen LogP contribution in [0.1, 0.15) is 32.6 Å². The largest absolute Gasteiger partial charge is 0.354 e. The fraction of sp³-hybridized carbons (Fsp3) is 0.833. The van der Waals surface area contributed by atoms with Gasteiger partial charge in [-0.3, -0.25) is 9.59 Å². The first-order valence-electron chi connectivity index (χ1n) is 6.47. The standard InChI is InChI=1S/C12H21N3O2/c1-8-10(3-2-6-13-8)12(17)14-7-9-4-5-11(16)15-9/h8-10,13H,2-7H2,1H3,(H,14,17)(H,15,16). The molecule has 0 aromatic heterocycles. The summed E-state index contributed by atoms with van der Waals surface area (Å²) in [6.07, 6.45) is 3.43. The molecular weight excluding hydrogens is 218 g/mol. The third-order valence-electron chi connectivity index (χ3n) is 3.71. The zero-order chi connectivity index (χ0) is 12.3. The second-order valence-corrected chi connectivity index (χ2v) is 5.04. The summed E-state index contributed by atoms with van der Waals surface area (Å²) in [5, 5.41) is 9.12. The lowest BCUT2D eigenvalue weighted by Gasteiger charge is -2.29. The third-order valence-corrected chi connectivity index (χ3v) is 3.71. The Morgan fingerprint density at radius 3 is 2.94 bits per heavy atom. The van der Waals surface area contributed by atoms with Crippen molar-refractivity contribution in [3.63, 3.8) is 0 Å². The van der Waals surface area contributed by atoms with E-state index in [1.807, 2.05) is 0 Å². The molecule has 3 N–H and O–H groups in total. The molecule has 0 saturated carbocycles. The van der Waals surface area contributed by atoms with Gasteiger partial charge in [0.1, 0.15) is 0 Å². The Labute approximate surface area is 102 Å². The molecule has 0 aromatic rings. The lowest BCUT2D eigenvalue weighted by molar-refractivity contribution is -0.127. The molecule has 2 aliphatic heterocycles. The van der Waals surface area contributed by atoms with Gasteiger partial charge in [0.15, 0.2) is 0 Å². The third kappa shape index (κ3) is 3.19. The van der Waals surface area contributed by atoms with Crippen molar-refractivity contribution in [1.29, 1.82) is 0 Å². The molecule has 0 aromatic carbocycles. The van der Waals surface area contributed by atoms with E-state index in [0.29, 0.717) is 13.0 Å².